The van der Waals surface area contributed by atoms with Gasteiger partial charge in [0.1, 0.15) is 19.3 Å². The molecular formula is C45H60O20. The van der Waals surface area contributed by atoms with E-state index in [1.807, 2.05) is 67.6 Å². The maximum atomic E-state index is 11.8. The first-order valence-electron chi connectivity index (χ1n) is 21.1. The Kier molecular flexibility index (Phi) is 28.9. The molecule has 4 rings (SSSR count). The van der Waals surface area contributed by atoms with E-state index in [4.69, 9.17) is 28.8 Å². The van der Waals surface area contributed by atoms with Gasteiger partial charge in [-0.1, -0.05) is 100 Å². The summed E-state index contributed by atoms with van der Waals surface area (Å²) in [7, 11) is 0. The van der Waals surface area contributed by atoms with E-state index >= 15 is 0 Å². The molecule has 0 amide bonds. The summed E-state index contributed by atoms with van der Waals surface area (Å²) >= 11 is 0. The molecule has 2 N–H and O–H groups in total. The molecule has 5 unspecified atom stereocenters. The van der Waals surface area contributed by atoms with Crippen LogP contribution in [0.25, 0.3) is 0 Å². The fraction of sp³-hybridized carbons (Fsp3) is 0.533. The summed E-state index contributed by atoms with van der Waals surface area (Å²) in [6.07, 6.45) is -1.75. The highest BCUT2D eigenvalue weighted by molar-refractivity contribution is 5.91. The standard InChI is InChI=1S/C20H28O7.C13H12O6.C8H16O3.C4H4O4/c1-3-4-8-13-25-19(23)15(2)27-20(24)17(21)11-12-18(22)26-14-16-9-6-5-7-10-16;14-11(17-8-9-4-2-1-3-5-9)7-6-10-12(15)19-13(16)18-10;1-3-4-5-6-11-8(10)7(2)9;1-2-3(5)8-4(6)7-2/h5-7,9-10,15,17,21H,3-4,8,11-14H2,1-2H3;1-5,10H,6-8H2;7,9H,3-6H2,1-2H3;2H,1H3. The van der Waals surface area contributed by atoms with Gasteiger partial charge in [0.25, 0.3) is 0 Å². The van der Waals surface area contributed by atoms with Crippen LogP contribution in [0.1, 0.15) is 110 Å². The molecule has 0 aliphatic carbocycles. The van der Waals surface area contributed by atoms with Gasteiger partial charge in [-0.15, -0.1) is 0 Å². The largest absolute Gasteiger partial charge is 0.517 e. The number of ether oxygens (including phenoxy) is 9. The summed E-state index contributed by atoms with van der Waals surface area (Å²) in [6, 6.07) is 18.4. The number of benzene rings is 2. The van der Waals surface area contributed by atoms with Crippen molar-refractivity contribution in [2.24, 2.45) is 0 Å². The number of hydrogen-bond donors (Lipinski definition) is 2. The Morgan fingerprint density at radius 1 is 0.615 bits per heavy atom. The minimum atomic E-state index is -1.51. The van der Waals surface area contributed by atoms with Crippen molar-refractivity contribution in [2.45, 2.75) is 143 Å². The highest BCUT2D eigenvalue weighted by Crippen LogP contribution is 2.15. The third-order valence-electron chi connectivity index (χ3n) is 8.41. The molecular weight excluding hydrogens is 860 g/mol. The van der Waals surface area contributed by atoms with Crippen molar-refractivity contribution < 1.29 is 96.0 Å². The zero-order chi connectivity index (χ0) is 48.6. The van der Waals surface area contributed by atoms with E-state index in [0.29, 0.717) is 6.61 Å². The predicted molar refractivity (Wildman–Crippen MR) is 224 cm³/mol. The molecule has 0 spiro atoms. The highest BCUT2D eigenvalue weighted by Gasteiger charge is 2.35. The third-order valence-corrected chi connectivity index (χ3v) is 8.41. The zero-order valence-corrected chi connectivity index (χ0v) is 37.3. The lowest BCUT2D eigenvalue weighted by atomic mass is 10.2. The van der Waals surface area contributed by atoms with Crippen LogP contribution in [0.5, 0.6) is 0 Å². The van der Waals surface area contributed by atoms with Crippen LogP contribution in [0.15, 0.2) is 60.7 Å². The van der Waals surface area contributed by atoms with Crippen LogP contribution in [-0.4, -0.2) is 108 Å². The topological polar surface area (TPSA) is 277 Å². The number of hydrogen-bond acceptors (Lipinski definition) is 20. The summed E-state index contributed by atoms with van der Waals surface area (Å²) in [5.41, 5.74) is 1.72. The Labute approximate surface area is 377 Å². The number of carbonyl (C=O) groups is 9. The van der Waals surface area contributed by atoms with Gasteiger partial charge in [-0.3, -0.25) is 9.59 Å². The number of aliphatic hydroxyl groups excluding tert-OH is 2. The highest BCUT2D eigenvalue weighted by atomic mass is 16.8. The summed E-state index contributed by atoms with van der Waals surface area (Å²) in [6.45, 7) is 9.34. The van der Waals surface area contributed by atoms with Crippen LogP contribution < -0.4 is 0 Å². The number of esters is 7. The van der Waals surface area contributed by atoms with E-state index in [9.17, 15) is 48.3 Å². The van der Waals surface area contributed by atoms with Crippen molar-refractivity contribution in [1.29, 1.82) is 0 Å². The second kappa shape index (κ2) is 33.1. The van der Waals surface area contributed by atoms with E-state index in [1.54, 1.807) is 0 Å². The molecule has 2 fully saturated rings. The van der Waals surface area contributed by atoms with Gasteiger partial charge in [-0.25, -0.2) is 33.6 Å². The molecule has 0 bridgehead atoms. The first kappa shape index (κ1) is 56.6. The van der Waals surface area contributed by atoms with E-state index < -0.39 is 84.6 Å². The second-order valence-corrected chi connectivity index (χ2v) is 14.1. The van der Waals surface area contributed by atoms with Gasteiger partial charge in [-0.05, 0) is 51.2 Å². The summed E-state index contributed by atoms with van der Waals surface area (Å²) < 4.78 is 41.7. The maximum absolute atomic E-state index is 11.8. The molecule has 0 saturated carbocycles. The lowest BCUT2D eigenvalue weighted by Crippen LogP contribution is -2.32. The number of rotatable bonds is 22. The minimum Gasteiger partial charge on any atom is -0.464 e. The maximum Gasteiger partial charge on any atom is 0.517 e. The monoisotopic (exact) mass is 920 g/mol. The van der Waals surface area contributed by atoms with Crippen molar-refractivity contribution in [3.63, 3.8) is 0 Å². The van der Waals surface area contributed by atoms with Gasteiger partial charge in [0.2, 0.25) is 6.10 Å². The van der Waals surface area contributed by atoms with E-state index in [0.717, 1.165) is 49.7 Å². The molecule has 65 heavy (non-hydrogen) atoms. The quantitative estimate of drug-likeness (QED) is 0.0658. The van der Waals surface area contributed by atoms with Crippen LogP contribution in [0.3, 0.4) is 0 Å². The van der Waals surface area contributed by atoms with Crippen LogP contribution in [-0.2, 0) is 89.4 Å². The zero-order valence-electron chi connectivity index (χ0n) is 37.3. The number of unbranched alkanes of at least 4 members (excludes halogenated alkanes) is 4. The Hall–Kier alpha value is -6.41. The molecule has 20 heteroatoms. The van der Waals surface area contributed by atoms with Crippen LogP contribution in [0.2, 0.25) is 0 Å². The number of aliphatic hydroxyl groups is 2. The van der Waals surface area contributed by atoms with Gasteiger partial charge in [0.05, 0.1) is 13.2 Å². The molecule has 2 saturated heterocycles. The van der Waals surface area contributed by atoms with Crippen molar-refractivity contribution in [3.05, 3.63) is 71.8 Å². The molecule has 0 aromatic heterocycles. The minimum absolute atomic E-state index is 0.0140. The molecule has 20 nitrogen and oxygen atoms in total. The molecule has 2 aliphatic heterocycles. The summed E-state index contributed by atoms with van der Waals surface area (Å²) in [5, 5.41) is 18.5. The second-order valence-electron chi connectivity index (χ2n) is 14.1. The normalized spacial score (nSPS) is 16.0. The molecule has 0 radical (unpaired) electrons. The fourth-order valence-electron chi connectivity index (χ4n) is 4.72. The Morgan fingerprint density at radius 3 is 1.51 bits per heavy atom. The Bertz CT molecular complexity index is 1780. The lowest BCUT2D eigenvalue weighted by Gasteiger charge is -2.15. The van der Waals surface area contributed by atoms with E-state index in [1.165, 1.54) is 20.8 Å². The smallest absolute Gasteiger partial charge is 0.464 e. The van der Waals surface area contributed by atoms with E-state index in [2.05, 4.69) is 25.9 Å². The van der Waals surface area contributed by atoms with Crippen LogP contribution in [0.4, 0.5) is 9.59 Å². The van der Waals surface area contributed by atoms with Crippen molar-refractivity contribution >= 4 is 54.1 Å². The van der Waals surface area contributed by atoms with Crippen LogP contribution >= 0.6 is 0 Å². The van der Waals surface area contributed by atoms with Gasteiger partial charge >= 0.3 is 54.1 Å². The van der Waals surface area contributed by atoms with Gasteiger partial charge in [0, 0.05) is 19.3 Å². The molecule has 2 aromatic carbocycles. The average Bonchev–Trinajstić information content (AvgIpc) is 3.78. The molecule has 2 heterocycles. The van der Waals surface area contributed by atoms with Gasteiger partial charge in [-0.2, -0.15) is 0 Å². The van der Waals surface area contributed by atoms with Gasteiger partial charge in [0.15, 0.2) is 18.3 Å². The molecule has 5 atom stereocenters. The Balaban J connectivity index is 0.000000478. The predicted octanol–water partition coefficient (Wildman–Crippen LogP) is 5.28. The van der Waals surface area contributed by atoms with Crippen LogP contribution in [0, 0.1) is 0 Å². The Morgan fingerprint density at radius 2 is 1.09 bits per heavy atom. The van der Waals surface area contributed by atoms with Gasteiger partial charge < -0.3 is 52.8 Å². The summed E-state index contributed by atoms with van der Waals surface area (Å²) in [5.74, 6) is -4.52. The molecule has 2 aliphatic rings. The SMILES string of the molecule is CC1OC(=O)OC1=O.CCCCCOC(=O)C(C)O.CCCCCOC(=O)C(C)OC(=O)C(O)CCC(=O)OCc1ccccc1.O=C(CCC1OC(=O)OC1=O)OCc1ccccc1. The third kappa shape index (κ3) is 26.7. The van der Waals surface area contributed by atoms with Crippen molar-refractivity contribution in [1.82, 2.24) is 0 Å². The molecule has 2 aromatic rings. The average molecular weight is 921 g/mol. The fourth-order valence-corrected chi connectivity index (χ4v) is 4.72. The lowest BCUT2D eigenvalue weighted by molar-refractivity contribution is -0.172. The van der Waals surface area contributed by atoms with Crippen molar-refractivity contribution in [2.75, 3.05) is 13.2 Å². The van der Waals surface area contributed by atoms with Crippen molar-refractivity contribution in [3.8, 4) is 0 Å². The van der Waals surface area contributed by atoms with E-state index in [-0.39, 0.29) is 45.5 Å². The number of cyclic esters (lactones) is 6. The molecule has 360 valence electrons. The number of carbonyl (C=O) groups excluding carboxylic acids is 9. The summed E-state index contributed by atoms with van der Waals surface area (Å²) in [4.78, 5) is 99.2. The first-order valence-corrected chi connectivity index (χ1v) is 21.1. The first-order chi connectivity index (χ1) is 31.0.